The van der Waals surface area contributed by atoms with Crippen LogP contribution in [0.1, 0.15) is 83.5 Å². The number of hydrogen-bond acceptors (Lipinski definition) is 5. The van der Waals surface area contributed by atoms with Gasteiger partial charge in [0.05, 0.1) is 0 Å². The SMILES string of the molecule is O=C(NN=C1SC[C@H]2CCCN12)C(=O)C(NC(=O)C1CCCCCC1)C1CCCCC1. The first-order valence-corrected chi connectivity index (χ1v) is 13.2. The third kappa shape index (κ3) is 5.62. The van der Waals surface area contributed by atoms with Gasteiger partial charge in [0.15, 0.2) is 5.17 Å². The Morgan fingerprint density at radius 1 is 0.903 bits per heavy atom. The van der Waals surface area contributed by atoms with E-state index in [0.29, 0.717) is 6.04 Å². The number of carbonyl (C=O) groups is 3. The third-order valence-electron chi connectivity index (χ3n) is 7.43. The molecule has 0 bridgehead atoms. The van der Waals surface area contributed by atoms with Crippen molar-refractivity contribution in [2.24, 2.45) is 16.9 Å². The van der Waals surface area contributed by atoms with Crippen LogP contribution in [-0.4, -0.2) is 52.0 Å². The van der Waals surface area contributed by atoms with Crippen LogP contribution in [0.15, 0.2) is 5.10 Å². The fraction of sp³-hybridized carbons (Fsp3) is 0.826. The lowest BCUT2D eigenvalue weighted by atomic mass is 9.81. The maximum Gasteiger partial charge on any atom is 0.309 e. The molecule has 2 saturated carbocycles. The highest BCUT2D eigenvalue weighted by Crippen LogP contribution is 2.32. The molecule has 2 heterocycles. The molecule has 7 nitrogen and oxygen atoms in total. The largest absolute Gasteiger partial charge is 0.346 e. The van der Waals surface area contributed by atoms with Crippen molar-refractivity contribution in [3.8, 4) is 0 Å². The summed E-state index contributed by atoms with van der Waals surface area (Å²) in [6, 6.07) is -0.225. The first-order chi connectivity index (χ1) is 15.1. The van der Waals surface area contributed by atoms with E-state index in [1.54, 1.807) is 11.8 Å². The molecule has 0 aromatic carbocycles. The van der Waals surface area contributed by atoms with Gasteiger partial charge in [-0.15, -0.1) is 5.10 Å². The molecule has 2 aliphatic heterocycles. The molecule has 0 spiro atoms. The number of hydrogen-bond donors (Lipinski definition) is 2. The molecule has 2 aliphatic carbocycles. The summed E-state index contributed by atoms with van der Waals surface area (Å²) >= 11 is 1.64. The minimum atomic E-state index is -0.730. The van der Waals surface area contributed by atoms with Crippen molar-refractivity contribution in [1.29, 1.82) is 0 Å². The summed E-state index contributed by atoms with van der Waals surface area (Å²) in [5.41, 5.74) is 2.51. The number of amides is 2. The van der Waals surface area contributed by atoms with Gasteiger partial charge in [-0.25, -0.2) is 5.43 Å². The summed E-state index contributed by atoms with van der Waals surface area (Å²) in [5, 5.41) is 8.09. The van der Waals surface area contributed by atoms with Gasteiger partial charge in [0.25, 0.3) is 0 Å². The highest BCUT2D eigenvalue weighted by molar-refractivity contribution is 8.14. The predicted octanol–water partition coefficient (Wildman–Crippen LogP) is 3.19. The Balaban J connectivity index is 1.40. The normalized spacial score (nSPS) is 27.5. The van der Waals surface area contributed by atoms with E-state index >= 15 is 0 Å². The second kappa shape index (κ2) is 10.8. The van der Waals surface area contributed by atoms with E-state index in [9.17, 15) is 14.4 Å². The summed E-state index contributed by atoms with van der Waals surface area (Å²) in [6.07, 6.45) is 13.6. The van der Waals surface area contributed by atoms with Gasteiger partial charge in [0, 0.05) is 24.3 Å². The summed E-state index contributed by atoms with van der Waals surface area (Å²) < 4.78 is 0. The lowest BCUT2D eigenvalue weighted by Gasteiger charge is -2.30. The Morgan fingerprint density at radius 3 is 2.32 bits per heavy atom. The van der Waals surface area contributed by atoms with Crippen LogP contribution in [0.4, 0.5) is 0 Å². The third-order valence-corrected chi connectivity index (χ3v) is 8.57. The molecule has 0 radical (unpaired) electrons. The van der Waals surface area contributed by atoms with Crippen molar-refractivity contribution in [3.63, 3.8) is 0 Å². The lowest BCUT2D eigenvalue weighted by molar-refractivity contribution is -0.141. The van der Waals surface area contributed by atoms with Gasteiger partial charge in [0.2, 0.25) is 11.7 Å². The number of Topliss-reactive ketones (excluding diaryl/α,β-unsaturated/α-hetero) is 1. The number of thioether (sulfide) groups is 1. The maximum atomic E-state index is 13.1. The second-order valence-electron chi connectivity index (χ2n) is 9.57. The summed E-state index contributed by atoms with van der Waals surface area (Å²) in [5.74, 6) is -0.294. The molecule has 2 saturated heterocycles. The average molecular weight is 449 g/mol. The molecule has 8 heteroatoms. The summed E-state index contributed by atoms with van der Waals surface area (Å²) in [7, 11) is 0. The number of rotatable bonds is 6. The van der Waals surface area contributed by atoms with Gasteiger partial charge in [-0.1, -0.05) is 56.7 Å². The lowest BCUT2D eigenvalue weighted by Crippen LogP contribution is -2.52. The first kappa shape index (κ1) is 22.6. The quantitative estimate of drug-likeness (QED) is 0.370. The molecule has 172 valence electrons. The predicted molar refractivity (Wildman–Crippen MR) is 122 cm³/mol. The van der Waals surface area contributed by atoms with E-state index in [1.807, 2.05) is 0 Å². The Labute approximate surface area is 189 Å². The zero-order valence-electron chi connectivity index (χ0n) is 18.4. The molecular weight excluding hydrogens is 412 g/mol. The average Bonchev–Trinajstić information content (AvgIpc) is 3.30. The van der Waals surface area contributed by atoms with Crippen LogP contribution in [0, 0.1) is 11.8 Å². The molecule has 0 aromatic rings. The van der Waals surface area contributed by atoms with Crippen LogP contribution in [0.25, 0.3) is 0 Å². The van der Waals surface area contributed by atoms with E-state index in [0.717, 1.165) is 88.1 Å². The molecule has 1 unspecified atom stereocenters. The molecule has 2 amide bonds. The van der Waals surface area contributed by atoms with E-state index in [1.165, 1.54) is 12.8 Å². The van der Waals surface area contributed by atoms with Gasteiger partial charge < -0.3 is 10.2 Å². The van der Waals surface area contributed by atoms with Crippen LogP contribution in [-0.2, 0) is 14.4 Å². The van der Waals surface area contributed by atoms with Gasteiger partial charge in [-0.2, -0.15) is 0 Å². The van der Waals surface area contributed by atoms with Gasteiger partial charge >= 0.3 is 5.91 Å². The van der Waals surface area contributed by atoms with Crippen LogP contribution in [0.3, 0.4) is 0 Å². The number of hydrazone groups is 1. The Hall–Kier alpha value is -1.57. The number of amidine groups is 1. The second-order valence-corrected chi connectivity index (χ2v) is 10.6. The topological polar surface area (TPSA) is 90.9 Å². The molecule has 4 aliphatic rings. The summed E-state index contributed by atoms with van der Waals surface area (Å²) in [6.45, 7) is 0.961. The first-order valence-electron chi connectivity index (χ1n) is 12.2. The number of nitrogens with one attached hydrogen (secondary N) is 2. The maximum absolute atomic E-state index is 13.1. The van der Waals surface area contributed by atoms with Crippen molar-refractivity contribution in [2.45, 2.75) is 95.6 Å². The standard InChI is InChI=1S/C23H36N4O3S/c28-20(22(30)25-26-23-27-14-8-13-18(27)15-31-23)19(16-9-6-3-7-10-16)24-21(29)17-11-4-1-2-5-12-17/h16-19H,1-15H2,(H,24,29)(H,25,30)/t18-,19?/m1/s1. The zero-order chi connectivity index (χ0) is 21.6. The van der Waals surface area contributed by atoms with Crippen LogP contribution in [0.2, 0.25) is 0 Å². The van der Waals surface area contributed by atoms with Crippen molar-refractivity contribution >= 4 is 34.5 Å². The minimum absolute atomic E-state index is 0.0355. The van der Waals surface area contributed by atoms with E-state index in [2.05, 4.69) is 20.7 Å². The van der Waals surface area contributed by atoms with Crippen molar-refractivity contribution in [1.82, 2.24) is 15.6 Å². The minimum Gasteiger partial charge on any atom is -0.346 e. The molecule has 2 atom stereocenters. The Bertz CT molecular complexity index is 699. The van der Waals surface area contributed by atoms with E-state index in [-0.39, 0.29) is 17.7 Å². The highest BCUT2D eigenvalue weighted by atomic mass is 32.2. The fourth-order valence-corrected chi connectivity index (χ4v) is 6.79. The van der Waals surface area contributed by atoms with Gasteiger partial charge in [-0.3, -0.25) is 14.4 Å². The molecular formula is C23H36N4O3S. The number of ketones is 1. The Kier molecular flexibility index (Phi) is 7.91. The van der Waals surface area contributed by atoms with Crippen LogP contribution >= 0.6 is 11.8 Å². The van der Waals surface area contributed by atoms with Crippen LogP contribution < -0.4 is 10.7 Å². The molecule has 0 aromatic heterocycles. The van der Waals surface area contributed by atoms with Crippen molar-refractivity contribution in [2.75, 3.05) is 12.3 Å². The van der Waals surface area contributed by atoms with Gasteiger partial charge in [0.1, 0.15) is 6.04 Å². The number of nitrogens with zero attached hydrogens (tertiary/aromatic N) is 2. The van der Waals surface area contributed by atoms with Crippen LogP contribution in [0.5, 0.6) is 0 Å². The summed E-state index contributed by atoms with van der Waals surface area (Å²) in [4.78, 5) is 41.1. The van der Waals surface area contributed by atoms with Gasteiger partial charge in [-0.05, 0) is 44.4 Å². The molecule has 31 heavy (non-hydrogen) atoms. The van der Waals surface area contributed by atoms with E-state index < -0.39 is 17.7 Å². The van der Waals surface area contributed by atoms with Crippen molar-refractivity contribution < 1.29 is 14.4 Å². The van der Waals surface area contributed by atoms with Crippen molar-refractivity contribution in [3.05, 3.63) is 0 Å². The molecule has 2 N–H and O–H groups in total. The molecule has 4 fully saturated rings. The number of fused-ring (bicyclic) bond motifs is 1. The zero-order valence-corrected chi connectivity index (χ0v) is 19.3. The van der Waals surface area contributed by atoms with E-state index in [4.69, 9.17) is 0 Å². The fourth-order valence-electron chi connectivity index (χ4n) is 5.58. The Morgan fingerprint density at radius 2 is 1.58 bits per heavy atom. The monoisotopic (exact) mass is 448 g/mol. The number of carbonyl (C=O) groups excluding carboxylic acids is 3. The highest BCUT2D eigenvalue weighted by Gasteiger charge is 2.37. The molecule has 4 rings (SSSR count). The smallest absolute Gasteiger partial charge is 0.309 e.